The molecule has 0 bridgehead atoms. The lowest BCUT2D eigenvalue weighted by Crippen LogP contribution is -2.43. The monoisotopic (exact) mass is 292 g/mol. The zero-order valence-corrected chi connectivity index (χ0v) is 12.8. The minimum atomic E-state index is 0.109. The van der Waals surface area contributed by atoms with Gasteiger partial charge in [-0.25, -0.2) is 0 Å². The van der Waals surface area contributed by atoms with Gasteiger partial charge in [0.05, 0.1) is 6.54 Å². The predicted molar refractivity (Wildman–Crippen MR) is 78.0 cm³/mol. The zero-order chi connectivity index (χ0) is 14.8. The first kappa shape index (κ1) is 14.5. The third kappa shape index (κ3) is 3.81. The molecule has 0 aromatic carbocycles. The fourth-order valence-corrected chi connectivity index (χ4v) is 2.82. The molecule has 0 unspecified atom stereocenters. The Morgan fingerprint density at radius 1 is 1.19 bits per heavy atom. The molecule has 6 heteroatoms. The maximum absolute atomic E-state index is 11.8. The molecule has 2 aliphatic rings. The van der Waals surface area contributed by atoms with Crippen LogP contribution in [-0.2, 0) is 4.79 Å². The molecular weight excluding hydrogens is 268 g/mol. The average molecular weight is 292 g/mol. The van der Waals surface area contributed by atoms with Crippen molar-refractivity contribution in [2.75, 3.05) is 19.6 Å². The summed E-state index contributed by atoms with van der Waals surface area (Å²) < 4.78 is 5.80. The lowest BCUT2D eigenvalue weighted by atomic mass is 9.97. The number of nitrogens with zero attached hydrogens (tertiary/aromatic N) is 3. The first-order valence-electron chi connectivity index (χ1n) is 7.97. The van der Waals surface area contributed by atoms with E-state index in [0.717, 1.165) is 37.7 Å². The van der Waals surface area contributed by atoms with E-state index in [1.165, 1.54) is 12.8 Å². The molecule has 0 spiro atoms. The highest BCUT2D eigenvalue weighted by Crippen LogP contribution is 2.40. The van der Waals surface area contributed by atoms with Gasteiger partial charge in [-0.15, -0.1) is 10.2 Å². The maximum atomic E-state index is 11.8. The third-order valence-corrected chi connectivity index (χ3v) is 4.14. The summed E-state index contributed by atoms with van der Waals surface area (Å²) in [6.07, 6.45) is 4.35. The number of hydrogen-bond acceptors (Lipinski definition) is 5. The molecule has 1 saturated heterocycles. The van der Waals surface area contributed by atoms with Gasteiger partial charge in [-0.1, -0.05) is 0 Å². The molecule has 0 atom stereocenters. The molecule has 1 amide bonds. The van der Waals surface area contributed by atoms with Gasteiger partial charge in [0.2, 0.25) is 17.7 Å². The minimum absolute atomic E-state index is 0.109. The van der Waals surface area contributed by atoms with Gasteiger partial charge in [0.25, 0.3) is 0 Å². The summed E-state index contributed by atoms with van der Waals surface area (Å²) in [4.78, 5) is 14.0. The van der Waals surface area contributed by atoms with E-state index in [1.807, 2.05) is 13.8 Å². The van der Waals surface area contributed by atoms with E-state index in [4.69, 9.17) is 4.42 Å². The molecule has 1 aliphatic carbocycles. The highest BCUT2D eigenvalue weighted by molar-refractivity contribution is 5.78. The number of amides is 1. The van der Waals surface area contributed by atoms with E-state index in [9.17, 15) is 4.79 Å². The van der Waals surface area contributed by atoms with Crippen molar-refractivity contribution in [3.63, 3.8) is 0 Å². The number of hydrogen-bond donors (Lipinski definition) is 1. The first-order chi connectivity index (χ1) is 10.1. The van der Waals surface area contributed by atoms with Crippen molar-refractivity contribution in [1.29, 1.82) is 0 Å². The molecule has 1 saturated carbocycles. The van der Waals surface area contributed by atoms with Crippen LogP contribution < -0.4 is 5.32 Å². The highest BCUT2D eigenvalue weighted by atomic mass is 16.4. The number of aromatic nitrogens is 2. The second-order valence-corrected chi connectivity index (χ2v) is 6.53. The van der Waals surface area contributed by atoms with Crippen LogP contribution in [0.2, 0.25) is 0 Å². The molecule has 2 heterocycles. The van der Waals surface area contributed by atoms with Crippen molar-refractivity contribution in [3.05, 3.63) is 11.8 Å². The number of rotatable bonds is 5. The molecular formula is C15H24N4O2. The van der Waals surface area contributed by atoms with Gasteiger partial charge >= 0.3 is 0 Å². The van der Waals surface area contributed by atoms with Gasteiger partial charge in [-0.05, 0) is 52.6 Å². The second kappa shape index (κ2) is 6.13. The van der Waals surface area contributed by atoms with Crippen LogP contribution in [0.15, 0.2) is 4.42 Å². The van der Waals surface area contributed by atoms with Crippen molar-refractivity contribution in [1.82, 2.24) is 20.4 Å². The van der Waals surface area contributed by atoms with Crippen LogP contribution in [0, 0.1) is 0 Å². The van der Waals surface area contributed by atoms with Crippen LogP contribution in [0.5, 0.6) is 0 Å². The second-order valence-electron chi connectivity index (χ2n) is 6.53. The standard InChI is InChI=1S/C15H24N4O2/c1-10(2)16-13(20)9-19-7-5-12(6-8-19)15-18-17-14(21-15)11-3-4-11/h10-12H,3-9H2,1-2H3,(H,16,20). The van der Waals surface area contributed by atoms with Gasteiger partial charge in [0, 0.05) is 17.9 Å². The van der Waals surface area contributed by atoms with E-state index in [-0.39, 0.29) is 11.9 Å². The SMILES string of the molecule is CC(C)NC(=O)CN1CCC(c2nnc(C3CC3)o2)CC1. The van der Waals surface area contributed by atoms with Gasteiger partial charge in [-0.2, -0.15) is 0 Å². The molecule has 6 nitrogen and oxygen atoms in total. The molecule has 3 rings (SSSR count). The molecule has 0 radical (unpaired) electrons. The van der Waals surface area contributed by atoms with Gasteiger partial charge in [0.1, 0.15) is 0 Å². The summed E-state index contributed by atoms with van der Waals surface area (Å²) in [6.45, 7) is 6.28. The van der Waals surface area contributed by atoms with Crippen molar-refractivity contribution in [2.45, 2.75) is 57.4 Å². The number of likely N-dealkylation sites (tertiary alicyclic amines) is 1. The van der Waals surface area contributed by atoms with E-state index in [1.54, 1.807) is 0 Å². The minimum Gasteiger partial charge on any atom is -0.425 e. The Labute approximate surface area is 125 Å². The number of piperidine rings is 1. The normalized spacial score (nSPS) is 20.9. The lowest BCUT2D eigenvalue weighted by Gasteiger charge is -2.29. The average Bonchev–Trinajstić information content (AvgIpc) is 3.17. The highest BCUT2D eigenvalue weighted by Gasteiger charge is 2.31. The predicted octanol–water partition coefficient (Wildman–Crippen LogP) is 1.65. The largest absolute Gasteiger partial charge is 0.425 e. The molecule has 1 aromatic rings. The number of carbonyl (C=O) groups is 1. The molecule has 116 valence electrons. The van der Waals surface area contributed by atoms with Crippen molar-refractivity contribution in [2.24, 2.45) is 0 Å². The summed E-state index contributed by atoms with van der Waals surface area (Å²) in [5.74, 6) is 2.60. The number of carbonyl (C=O) groups excluding carboxylic acids is 1. The Kier molecular flexibility index (Phi) is 4.24. The summed E-state index contributed by atoms with van der Waals surface area (Å²) in [5.41, 5.74) is 0. The summed E-state index contributed by atoms with van der Waals surface area (Å²) in [5, 5.41) is 11.3. The Morgan fingerprint density at radius 2 is 1.76 bits per heavy atom. The number of nitrogens with one attached hydrogen (secondary N) is 1. The maximum Gasteiger partial charge on any atom is 0.234 e. The fraction of sp³-hybridized carbons (Fsp3) is 0.800. The van der Waals surface area contributed by atoms with Gasteiger partial charge in [-0.3, -0.25) is 9.69 Å². The van der Waals surface area contributed by atoms with Crippen molar-refractivity contribution in [3.8, 4) is 0 Å². The van der Waals surface area contributed by atoms with Crippen LogP contribution in [0.1, 0.15) is 63.1 Å². The Hall–Kier alpha value is -1.43. The molecule has 21 heavy (non-hydrogen) atoms. The van der Waals surface area contributed by atoms with Crippen LogP contribution >= 0.6 is 0 Å². The third-order valence-electron chi connectivity index (χ3n) is 4.14. The molecule has 2 fully saturated rings. The Bertz CT molecular complexity index is 488. The van der Waals surface area contributed by atoms with E-state index < -0.39 is 0 Å². The smallest absolute Gasteiger partial charge is 0.234 e. The van der Waals surface area contributed by atoms with Crippen LogP contribution in [-0.4, -0.2) is 46.7 Å². The molecule has 1 aliphatic heterocycles. The van der Waals surface area contributed by atoms with E-state index in [0.29, 0.717) is 18.4 Å². The van der Waals surface area contributed by atoms with Gasteiger partial charge < -0.3 is 9.73 Å². The quantitative estimate of drug-likeness (QED) is 0.893. The fourth-order valence-electron chi connectivity index (χ4n) is 2.82. The lowest BCUT2D eigenvalue weighted by molar-refractivity contribution is -0.123. The molecule has 1 N–H and O–H groups in total. The van der Waals surface area contributed by atoms with Crippen LogP contribution in [0.4, 0.5) is 0 Å². The summed E-state index contributed by atoms with van der Waals surface area (Å²) in [7, 11) is 0. The Balaban J connectivity index is 1.46. The van der Waals surface area contributed by atoms with Crippen molar-refractivity contribution < 1.29 is 9.21 Å². The summed E-state index contributed by atoms with van der Waals surface area (Å²) >= 11 is 0. The van der Waals surface area contributed by atoms with E-state index >= 15 is 0 Å². The molecule has 1 aromatic heterocycles. The Morgan fingerprint density at radius 3 is 2.29 bits per heavy atom. The van der Waals surface area contributed by atoms with E-state index in [2.05, 4.69) is 20.4 Å². The van der Waals surface area contributed by atoms with Crippen LogP contribution in [0.25, 0.3) is 0 Å². The summed E-state index contributed by atoms with van der Waals surface area (Å²) in [6, 6.07) is 0.203. The van der Waals surface area contributed by atoms with Crippen molar-refractivity contribution >= 4 is 5.91 Å². The topological polar surface area (TPSA) is 71.3 Å². The first-order valence-corrected chi connectivity index (χ1v) is 7.97. The van der Waals surface area contributed by atoms with Gasteiger partial charge in [0.15, 0.2) is 0 Å². The zero-order valence-electron chi connectivity index (χ0n) is 12.8. The van der Waals surface area contributed by atoms with Crippen LogP contribution in [0.3, 0.4) is 0 Å².